The second-order valence-electron chi connectivity index (χ2n) is 2.92. The molecular weight excluding hydrogens is 255 g/mol. The summed E-state index contributed by atoms with van der Waals surface area (Å²) in [6.45, 7) is 1.39. The zero-order chi connectivity index (χ0) is 12.2. The Morgan fingerprint density at radius 2 is 1.88 bits per heavy atom. The molecule has 1 aromatic carbocycles. The number of carbonyl (C=O) groups is 1. The number of hydrogen-bond acceptors (Lipinski definition) is 5. The Morgan fingerprint density at radius 3 is 2.41 bits per heavy atom. The predicted octanol–water partition coefficient (Wildman–Crippen LogP) is 0.821. The molecule has 0 bridgehead atoms. The van der Waals surface area contributed by atoms with Crippen LogP contribution in [0.15, 0.2) is 24.3 Å². The van der Waals surface area contributed by atoms with Gasteiger partial charge in [-0.1, -0.05) is 12.1 Å². The average molecular weight is 267 g/mol. The van der Waals surface area contributed by atoms with Crippen LogP contribution in [0.5, 0.6) is 5.75 Å². The van der Waals surface area contributed by atoms with Crippen LogP contribution in [0.1, 0.15) is 17.3 Å². The van der Waals surface area contributed by atoms with Crippen LogP contribution in [0.2, 0.25) is 0 Å². The monoisotopic (exact) mass is 267 g/mol. The maximum absolute atomic E-state index is 11.5. The topological polar surface area (TPSA) is 69.7 Å². The third kappa shape index (κ3) is 4.67. The van der Waals surface area contributed by atoms with Crippen LogP contribution < -0.4 is 4.74 Å². The molecule has 1 rings (SSSR count). The maximum Gasteiger partial charge on any atom is 0.357 e. The third-order valence-electron chi connectivity index (χ3n) is 1.88. The minimum absolute atomic E-state index is 0. The maximum atomic E-state index is 11.5. The van der Waals surface area contributed by atoms with Crippen LogP contribution in [0, 0.1) is 0 Å². The molecule has 0 aromatic heterocycles. The van der Waals surface area contributed by atoms with Crippen LogP contribution >= 0.6 is 0 Å². The number of rotatable bonds is 4. The van der Waals surface area contributed by atoms with Gasteiger partial charge in [-0.25, -0.2) is 4.79 Å². The van der Waals surface area contributed by atoms with Gasteiger partial charge in [0.1, 0.15) is 11.3 Å². The molecule has 0 aliphatic carbocycles. The molecule has 0 fully saturated rings. The van der Waals surface area contributed by atoms with Gasteiger partial charge < -0.3 is 8.92 Å². The number of ether oxygens (including phenoxy) is 1. The quantitative estimate of drug-likeness (QED) is 0.596. The number of para-hydroxylation sites is 1. The van der Waals surface area contributed by atoms with Gasteiger partial charge in [0, 0.05) is 29.6 Å². The molecule has 7 heteroatoms. The van der Waals surface area contributed by atoms with Crippen molar-refractivity contribution in [2.75, 3.05) is 12.9 Å². The molecule has 0 unspecified atom stereocenters. The zero-order valence-electron chi connectivity index (χ0n) is 9.97. The van der Waals surface area contributed by atoms with E-state index < -0.39 is 16.1 Å². The summed E-state index contributed by atoms with van der Waals surface area (Å²) in [5.41, 5.74) is 0.0852. The van der Waals surface area contributed by atoms with Gasteiger partial charge in [0.05, 0.1) is 12.9 Å². The first-order valence-corrected chi connectivity index (χ1v) is 6.17. The van der Waals surface area contributed by atoms with Gasteiger partial charge in [0.2, 0.25) is 0 Å². The number of carbonyl (C=O) groups excluding carboxylic acids is 1. The summed E-state index contributed by atoms with van der Waals surface area (Å²) in [5.74, 6) is -0.911. The van der Waals surface area contributed by atoms with E-state index in [-0.39, 0.29) is 46.6 Å². The molecule has 0 aliphatic rings. The number of hydrogen-bond donors (Lipinski definition) is 0. The Morgan fingerprint density at radius 1 is 1.29 bits per heavy atom. The first kappa shape index (κ1) is 16.4. The Bertz CT molecular complexity index is 483. The second kappa shape index (κ2) is 7.00. The summed E-state index contributed by atoms with van der Waals surface area (Å²) in [4.78, 5) is 11.5. The molecular formula is C10H12NaO5S. The molecule has 0 atom stereocenters. The average Bonchev–Trinajstić information content (AvgIpc) is 2.28. The molecule has 0 N–H and O–H groups in total. The SMILES string of the molecule is CCS(=O)(=O)OC(=O)c1ccccc1OC.[Na]. The second-order valence-corrected chi connectivity index (χ2v) is 4.78. The largest absolute Gasteiger partial charge is 0.496 e. The van der Waals surface area contributed by atoms with E-state index in [1.807, 2.05) is 0 Å². The van der Waals surface area contributed by atoms with E-state index in [0.717, 1.165) is 0 Å². The van der Waals surface area contributed by atoms with Crippen LogP contribution in [-0.2, 0) is 14.3 Å². The normalized spacial score (nSPS) is 10.2. The molecule has 89 valence electrons. The van der Waals surface area contributed by atoms with Crippen molar-refractivity contribution in [3.05, 3.63) is 29.8 Å². The first-order chi connectivity index (χ1) is 7.50. The van der Waals surface area contributed by atoms with Crippen LogP contribution in [0.4, 0.5) is 0 Å². The minimum Gasteiger partial charge on any atom is -0.496 e. The van der Waals surface area contributed by atoms with Gasteiger partial charge >= 0.3 is 16.1 Å². The molecule has 0 saturated heterocycles. The molecule has 1 radical (unpaired) electrons. The van der Waals surface area contributed by atoms with E-state index in [1.54, 1.807) is 18.2 Å². The summed E-state index contributed by atoms with van der Waals surface area (Å²) in [6, 6.07) is 6.25. The summed E-state index contributed by atoms with van der Waals surface area (Å²) in [6.07, 6.45) is 0. The third-order valence-corrected chi connectivity index (χ3v) is 3.00. The molecule has 1 aromatic rings. The molecule has 0 spiro atoms. The first-order valence-electron chi connectivity index (χ1n) is 4.59. The summed E-state index contributed by atoms with van der Waals surface area (Å²) in [7, 11) is -2.41. The number of benzene rings is 1. The summed E-state index contributed by atoms with van der Waals surface area (Å²) in [5, 5.41) is 0. The van der Waals surface area contributed by atoms with Gasteiger partial charge in [0.15, 0.2) is 0 Å². The van der Waals surface area contributed by atoms with Crippen molar-refractivity contribution in [1.29, 1.82) is 0 Å². The molecule has 0 heterocycles. The summed E-state index contributed by atoms with van der Waals surface area (Å²) >= 11 is 0. The smallest absolute Gasteiger partial charge is 0.357 e. The summed E-state index contributed by atoms with van der Waals surface area (Å²) < 4.78 is 31.5. The Labute approximate surface area is 123 Å². The predicted molar refractivity (Wildman–Crippen MR) is 63.6 cm³/mol. The number of methoxy groups -OCH3 is 1. The fraction of sp³-hybridized carbons (Fsp3) is 0.300. The van der Waals surface area contributed by atoms with E-state index in [0.29, 0.717) is 0 Å². The van der Waals surface area contributed by atoms with Gasteiger partial charge in [-0.2, -0.15) is 8.42 Å². The van der Waals surface area contributed by atoms with Gasteiger partial charge in [-0.15, -0.1) is 0 Å². The van der Waals surface area contributed by atoms with E-state index >= 15 is 0 Å². The fourth-order valence-corrected chi connectivity index (χ4v) is 1.47. The van der Waals surface area contributed by atoms with Crippen molar-refractivity contribution >= 4 is 45.6 Å². The van der Waals surface area contributed by atoms with Crippen molar-refractivity contribution in [3.8, 4) is 5.75 Å². The van der Waals surface area contributed by atoms with Crippen molar-refractivity contribution in [3.63, 3.8) is 0 Å². The van der Waals surface area contributed by atoms with E-state index in [2.05, 4.69) is 4.18 Å². The Hall–Kier alpha value is -0.560. The molecule has 17 heavy (non-hydrogen) atoms. The van der Waals surface area contributed by atoms with E-state index in [1.165, 1.54) is 20.1 Å². The molecule has 5 nitrogen and oxygen atoms in total. The van der Waals surface area contributed by atoms with E-state index in [4.69, 9.17) is 4.74 Å². The van der Waals surface area contributed by atoms with Gasteiger partial charge in [-0.3, -0.25) is 0 Å². The Kier molecular flexibility index (Phi) is 6.77. The Balaban J connectivity index is 0.00000256. The molecule has 0 aliphatic heterocycles. The minimum atomic E-state index is -3.80. The van der Waals surface area contributed by atoms with E-state index in [9.17, 15) is 13.2 Å². The van der Waals surface area contributed by atoms with Crippen molar-refractivity contribution < 1.29 is 22.1 Å². The molecule has 0 amide bonds. The van der Waals surface area contributed by atoms with Gasteiger partial charge in [0.25, 0.3) is 0 Å². The van der Waals surface area contributed by atoms with Crippen molar-refractivity contribution in [2.24, 2.45) is 0 Å². The van der Waals surface area contributed by atoms with Crippen molar-refractivity contribution in [1.82, 2.24) is 0 Å². The van der Waals surface area contributed by atoms with Crippen LogP contribution in [0.3, 0.4) is 0 Å². The van der Waals surface area contributed by atoms with Gasteiger partial charge in [-0.05, 0) is 19.1 Å². The zero-order valence-corrected chi connectivity index (χ0v) is 12.8. The fourth-order valence-electron chi connectivity index (χ4n) is 1.03. The molecule has 0 saturated carbocycles. The van der Waals surface area contributed by atoms with Crippen LogP contribution in [0.25, 0.3) is 0 Å². The van der Waals surface area contributed by atoms with Crippen molar-refractivity contribution in [2.45, 2.75) is 6.92 Å². The standard InChI is InChI=1S/C10H12O5S.Na/c1-3-16(12,13)15-10(11)8-6-4-5-7-9(8)14-2;/h4-7H,3H2,1-2H3;. The van der Waals surface area contributed by atoms with Crippen LogP contribution in [-0.4, -0.2) is 56.8 Å².